The van der Waals surface area contributed by atoms with E-state index in [4.69, 9.17) is 0 Å². The van der Waals surface area contributed by atoms with Crippen LogP contribution >= 0.6 is 0 Å². The summed E-state index contributed by atoms with van der Waals surface area (Å²) in [7, 11) is -2.63. The molecule has 200 valence electrons. The van der Waals surface area contributed by atoms with E-state index in [1.54, 1.807) is 25.4 Å². The fourth-order valence-corrected chi connectivity index (χ4v) is 6.36. The first-order chi connectivity index (χ1) is 18.6. The van der Waals surface area contributed by atoms with E-state index < -0.39 is 33.6 Å². The third-order valence-electron chi connectivity index (χ3n) is 7.32. The van der Waals surface area contributed by atoms with Gasteiger partial charge in [0.2, 0.25) is 5.91 Å². The summed E-state index contributed by atoms with van der Waals surface area (Å²) in [5.74, 6) is -2.03. The number of hydrogen-bond donors (Lipinski definition) is 1. The number of halogens is 2. The fourth-order valence-electron chi connectivity index (χ4n) is 5.34. The molecule has 0 bridgehead atoms. The lowest BCUT2D eigenvalue weighted by atomic mass is 10.0. The van der Waals surface area contributed by atoms with Crippen molar-refractivity contribution >= 4 is 38.7 Å². The zero-order valence-electron chi connectivity index (χ0n) is 20.8. The minimum absolute atomic E-state index is 0.0316. The molecule has 9 nitrogen and oxygen atoms in total. The van der Waals surface area contributed by atoms with Crippen LogP contribution in [-0.2, 0) is 21.2 Å². The third-order valence-corrected chi connectivity index (χ3v) is 8.65. The molecule has 1 fully saturated rings. The molecule has 1 atom stereocenters. The Balaban J connectivity index is 1.29. The predicted octanol–water partition coefficient (Wildman–Crippen LogP) is 3.59. The maximum absolute atomic E-state index is 14.6. The first kappa shape index (κ1) is 25.0. The number of sulfonamides is 1. The number of anilines is 2. The number of hydrogen-bond acceptors (Lipinski definition) is 6. The van der Waals surface area contributed by atoms with Crippen LogP contribution < -0.4 is 14.5 Å². The molecule has 4 heterocycles. The van der Waals surface area contributed by atoms with Gasteiger partial charge in [-0.05, 0) is 66.9 Å². The molecule has 0 radical (unpaired) electrons. The van der Waals surface area contributed by atoms with Gasteiger partial charge in [-0.3, -0.25) is 9.59 Å². The predicted molar refractivity (Wildman–Crippen MR) is 139 cm³/mol. The van der Waals surface area contributed by atoms with Gasteiger partial charge in [0.05, 0.1) is 34.6 Å². The zero-order valence-corrected chi connectivity index (χ0v) is 21.6. The molecule has 2 amide bonds. The monoisotopic (exact) mass is 551 g/mol. The van der Waals surface area contributed by atoms with Crippen LogP contribution in [0.1, 0.15) is 40.4 Å². The van der Waals surface area contributed by atoms with Crippen molar-refractivity contribution in [1.29, 1.82) is 0 Å². The van der Waals surface area contributed by atoms with Crippen LogP contribution in [-0.4, -0.2) is 43.4 Å². The van der Waals surface area contributed by atoms with Crippen molar-refractivity contribution in [2.75, 3.05) is 23.4 Å². The molecule has 2 aliphatic rings. The smallest absolute Gasteiger partial charge is 0.268 e. The number of likely N-dealkylation sites (N-methyl/N-ethyl adjacent to an activating group) is 1. The summed E-state index contributed by atoms with van der Waals surface area (Å²) in [4.78, 5) is 28.4. The van der Waals surface area contributed by atoms with E-state index in [0.717, 1.165) is 18.6 Å². The number of nitrogens with zero attached hydrogens (tertiary/aromatic N) is 4. The topological polar surface area (TPSA) is 104 Å². The van der Waals surface area contributed by atoms with Gasteiger partial charge >= 0.3 is 0 Å². The van der Waals surface area contributed by atoms with E-state index >= 15 is 0 Å². The summed E-state index contributed by atoms with van der Waals surface area (Å²) in [6.07, 6.45) is 4.36. The average Bonchev–Trinajstić information content (AvgIpc) is 3.62. The summed E-state index contributed by atoms with van der Waals surface area (Å²) in [5.41, 5.74) is 2.49. The molecule has 1 N–H and O–H groups in total. The maximum atomic E-state index is 14.6. The highest BCUT2D eigenvalue weighted by Crippen LogP contribution is 2.38. The largest absolute Gasteiger partial charge is 0.364 e. The molecule has 2 aromatic carbocycles. The Morgan fingerprint density at radius 3 is 2.74 bits per heavy atom. The van der Waals surface area contributed by atoms with Gasteiger partial charge in [0.15, 0.2) is 0 Å². The van der Waals surface area contributed by atoms with Crippen molar-refractivity contribution in [3.05, 3.63) is 89.2 Å². The average molecular weight is 552 g/mol. The van der Waals surface area contributed by atoms with Crippen LogP contribution in [0.5, 0.6) is 0 Å². The van der Waals surface area contributed by atoms with Gasteiger partial charge in [-0.2, -0.15) is 5.10 Å². The number of benzene rings is 2. The summed E-state index contributed by atoms with van der Waals surface area (Å²) < 4.78 is 58.1. The molecule has 4 aromatic rings. The van der Waals surface area contributed by atoms with Crippen LogP contribution in [0.3, 0.4) is 0 Å². The number of carbonyl (C=O) groups is 2. The van der Waals surface area contributed by atoms with Crippen molar-refractivity contribution in [2.24, 2.45) is 0 Å². The van der Waals surface area contributed by atoms with Crippen molar-refractivity contribution < 1.29 is 26.8 Å². The Bertz CT molecular complexity index is 1770. The van der Waals surface area contributed by atoms with Crippen molar-refractivity contribution in [1.82, 2.24) is 14.3 Å². The van der Waals surface area contributed by atoms with E-state index in [0.29, 0.717) is 35.4 Å². The number of pyridine rings is 1. The first-order valence-electron chi connectivity index (χ1n) is 12.3. The van der Waals surface area contributed by atoms with Gasteiger partial charge in [0.25, 0.3) is 15.9 Å². The molecular weight excluding hydrogens is 528 g/mol. The molecule has 2 aromatic heterocycles. The van der Waals surface area contributed by atoms with Gasteiger partial charge in [0, 0.05) is 36.7 Å². The fraction of sp³-hybridized carbons (Fsp3) is 0.222. The van der Waals surface area contributed by atoms with Crippen molar-refractivity contribution in [3.63, 3.8) is 0 Å². The van der Waals surface area contributed by atoms with Gasteiger partial charge < -0.3 is 9.80 Å². The molecule has 1 saturated heterocycles. The van der Waals surface area contributed by atoms with Crippen LogP contribution in [0.2, 0.25) is 0 Å². The van der Waals surface area contributed by atoms with E-state index in [9.17, 15) is 26.8 Å². The Morgan fingerprint density at radius 2 is 1.92 bits per heavy atom. The zero-order chi connectivity index (χ0) is 27.5. The number of aromatic nitrogens is 2. The van der Waals surface area contributed by atoms with E-state index in [1.807, 2.05) is 4.90 Å². The number of fused-ring (bicyclic) bond motifs is 2. The standard InChI is InChI=1S/C27H23F2N5O4S/c1-32-23-7-5-19(11-16(23)12-26(32)35)39(37,38)31-27(36)21-15-30-34-10-8-18(14-25(21)34)33-9-2-3-24(33)20-13-17(28)4-6-22(20)29/h4-8,10-11,13-15,24H,2-3,9,12H2,1H3,(H,31,36). The number of carbonyl (C=O) groups excluding carboxylic acids is 2. The Labute approximate surface area is 222 Å². The normalized spacial score (nSPS) is 17.2. The van der Waals surface area contributed by atoms with E-state index in [2.05, 4.69) is 9.82 Å². The Morgan fingerprint density at radius 1 is 1.10 bits per heavy atom. The van der Waals surface area contributed by atoms with Crippen molar-refractivity contribution in [3.8, 4) is 0 Å². The van der Waals surface area contributed by atoms with Crippen LogP contribution in [0.15, 0.2) is 65.8 Å². The second-order valence-corrected chi connectivity index (χ2v) is 11.3. The van der Waals surface area contributed by atoms with Crippen LogP contribution in [0, 0.1) is 11.6 Å². The molecule has 12 heteroatoms. The highest BCUT2D eigenvalue weighted by Gasteiger charge is 2.30. The van der Waals surface area contributed by atoms with E-state index in [1.165, 1.54) is 39.9 Å². The van der Waals surface area contributed by atoms with Crippen molar-refractivity contribution in [2.45, 2.75) is 30.2 Å². The SMILES string of the molecule is CN1C(=O)Cc2cc(S(=O)(=O)NC(=O)c3cnn4ccc(N5CCCC5c5cc(F)ccc5F)cc34)ccc21. The highest BCUT2D eigenvalue weighted by molar-refractivity contribution is 7.90. The van der Waals surface area contributed by atoms with Gasteiger partial charge in [-0.25, -0.2) is 26.4 Å². The maximum Gasteiger partial charge on any atom is 0.268 e. The van der Waals surface area contributed by atoms with Gasteiger partial charge in [-0.1, -0.05) is 0 Å². The first-order valence-corrected chi connectivity index (χ1v) is 13.8. The molecule has 0 spiro atoms. The van der Waals surface area contributed by atoms with Gasteiger partial charge in [-0.15, -0.1) is 0 Å². The number of amides is 2. The second kappa shape index (κ2) is 9.16. The minimum atomic E-state index is -4.24. The van der Waals surface area contributed by atoms with Crippen LogP contribution in [0.25, 0.3) is 5.52 Å². The molecule has 2 aliphatic heterocycles. The molecule has 0 saturated carbocycles. The quantitative estimate of drug-likeness (QED) is 0.407. The summed E-state index contributed by atoms with van der Waals surface area (Å²) in [6.45, 7) is 0.594. The van der Waals surface area contributed by atoms with E-state index in [-0.39, 0.29) is 28.4 Å². The van der Waals surface area contributed by atoms with Gasteiger partial charge in [0.1, 0.15) is 11.6 Å². The Kier molecular flexibility index (Phi) is 5.87. The Hall–Kier alpha value is -4.32. The molecular formula is C27H23F2N5O4S. The minimum Gasteiger partial charge on any atom is -0.364 e. The lowest BCUT2D eigenvalue weighted by Crippen LogP contribution is -2.30. The number of nitrogens with one attached hydrogen (secondary N) is 1. The summed E-state index contributed by atoms with van der Waals surface area (Å²) in [5, 5.41) is 4.17. The van der Waals surface area contributed by atoms with Crippen LogP contribution in [0.4, 0.5) is 20.2 Å². The lowest BCUT2D eigenvalue weighted by Gasteiger charge is -2.27. The highest BCUT2D eigenvalue weighted by atomic mass is 32.2. The summed E-state index contributed by atoms with van der Waals surface area (Å²) in [6, 6.07) is 10.7. The second-order valence-electron chi connectivity index (χ2n) is 9.64. The number of rotatable bonds is 5. The molecule has 0 aliphatic carbocycles. The molecule has 39 heavy (non-hydrogen) atoms. The molecule has 1 unspecified atom stereocenters. The molecule has 6 rings (SSSR count). The third kappa shape index (κ3) is 4.30. The summed E-state index contributed by atoms with van der Waals surface area (Å²) >= 11 is 0. The lowest BCUT2D eigenvalue weighted by molar-refractivity contribution is -0.117.